The van der Waals surface area contributed by atoms with Crippen molar-refractivity contribution in [2.75, 3.05) is 12.3 Å². The summed E-state index contributed by atoms with van der Waals surface area (Å²) in [5.74, 6) is -0.0520. The van der Waals surface area contributed by atoms with E-state index >= 15 is 0 Å². The third kappa shape index (κ3) is 2.20. The number of carbonyl (C=O) groups is 1. The molecular weight excluding hydrogens is 230 g/mol. The summed E-state index contributed by atoms with van der Waals surface area (Å²) in [6.07, 6.45) is 0. The van der Waals surface area contributed by atoms with E-state index in [1.807, 2.05) is 31.2 Å². The fourth-order valence-electron chi connectivity index (χ4n) is 1.69. The second-order valence-electron chi connectivity index (χ2n) is 3.87. The average molecular weight is 245 g/mol. The van der Waals surface area contributed by atoms with Gasteiger partial charge < -0.3 is 10.5 Å². The van der Waals surface area contributed by atoms with E-state index in [4.69, 9.17) is 10.5 Å². The van der Waals surface area contributed by atoms with E-state index in [1.165, 1.54) is 6.07 Å². The van der Waals surface area contributed by atoms with Crippen LogP contribution in [0.5, 0.6) is 0 Å². The van der Waals surface area contributed by atoms with Crippen LogP contribution in [0.25, 0.3) is 5.69 Å². The zero-order valence-corrected chi connectivity index (χ0v) is 10.4. The van der Waals surface area contributed by atoms with Crippen LogP contribution in [0.3, 0.4) is 0 Å². The molecule has 0 aliphatic carbocycles. The molecule has 0 saturated carbocycles. The maximum absolute atomic E-state index is 11.6. The lowest BCUT2D eigenvalue weighted by atomic mass is 10.2. The van der Waals surface area contributed by atoms with Crippen LogP contribution >= 0.6 is 0 Å². The molecule has 0 spiro atoms. The molecule has 1 aromatic carbocycles. The van der Waals surface area contributed by atoms with Crippen molar-refractivity contribution in [2.45, 2.75) is 13.8 Å². The standard InChI is InChI=1S/C13H15N3O2/c1-3-18-13(17)10-8-12(14)16(15-10)11-7-5-4-6-9(11)2/h4-8H,3,14H2,1-2H3. The zero-order valence-electron chi connectivity index (χ0n) is 10.4. The van der Waals surface area contributed by atoms with E-state index in [0.29, 0.717) is 12.4 Å². The number of rotatable bonds is 3. The molecule has 0 atom stereocenters. The first-order valence-electron chi connectivity index (χ1n) is 5.72. The lowest BCUT2D eigenvalue weighted by Crippen LogP contribution is -2.07. The van der Waals surface area contributed by atoms with Gasteiger partial charge in [-0.25, -0.2) is 9.48 Å². The van der Waals surface area contributed by atoms with E-state index in [2.05, 4.69) is 5.10 Å². The van der Waals surface area contributed by atoms with E-state index in [9.17, 15) is 4.79 Å². The van der Waals surface area contributed by atoms with Gasteiger partial charge in [-0.15, -0.1) is 0 Å². The first-order chi connectivity index (χ1) is 8.63. The second kappa shape index (κ2) is 4.91. The fraction of sp³-hybridized carbons (Fsp3) is 0.231. The molecule has 2 N–H and O–H groups in total. The van der Waals surface area contributed by atoms with Gasteiger partial charge in [0.25, 0.3) is 0 Å². The Labute approximate surface area is 105 Å². The minimum atomic E-state index is -0.462. The van der Waals surface area contributed by atoms with Crippen LogP contribution in [0.4, 0.5) is 5.82 Å². The third-order valence-corrected chi connectivity index (χ3v) is 2.57. The summed E-state index contributed by atoms with van der Waals surface area (Å²) < 4.78 is 6.44. The Morgan fingerprint density at radius 1 is 1.44 bits per heavy atom. The predicted molar refractivity (Wildman–Crippen MR) is 68.7 cm³/mol. The molecule has 0 fully saturated rings. The monoisotopic (exact) mass is 245 g/mol. The van der Waals surface area contributed by atoms with Gasteiger partial charge >= 0.3 is 5.97 Å². The molecule has 0 unspecified atom stereocenters. The number of aryl methyl sites for hydroxylation is 1. The van der Waals surface area contributed by atoms with Crippen molar-refractivity contribution >= 4 is 11.8 Å². The smallest absolute Gasteiger partial charge is 0.358 e. The quantitative estimate of drug-likeness (QED) is 0.839. The summed E-state index contributed by atoms with van der Waals surface area (Å²) in [4.78, 5) is 11.6. The van der Waals surface area contributed by atoms with Crippen molar-refractivity contribution in [3.05, 3.63) is 41.6 Å². The predicted octanol–water partition coefficient (Wildman–Crippen LogP) is 1.94. The molecule has 0 aliphatic heterocycles. The van der Waals surface area contributed by atoms with Gasteiger partial charge in [0.15, 0.2) is 5.69 Å². The molecule has 0 radical (unpaired) electrons. The van der Waals surface area contributed by atoms with Gasteiger partial charge in [0, 0.05) is 6.07 Å². The van der Waals surface area contributed by atoms with Gasteiger partial charge in [-0.1, -0.05) is 18.2 Å². The topological polar surface area (TPSA) is 70.1 Å². The van der Waals surface area contributed by atoms with Gasteiger partial charge in [-0.3, -0.25) is 0 Å². The lowest BCUT2D eigenvalue weighted by molar-refractivity contribution is 0.0519. The van der Waals surface area contributed by atoms with Crippen LogP contribution in [0.1, 0.15) is 23.0 Å². The Hall–Kier alpha value is -2.30. The highest BCUT2D eigenvalue weighted by Crippen LogP contribution is 2.18. The highest BCUT2D eigenvalue weighted by Gasteiger charge is 2.15. The van der Waals surface area contributed by atoms with Gasteiger partial charge in [0.2, 0.25) is 0 Å². The molecule has 94 valence electrons. The van der Waals surface area contributed by atoms with Crippen molar-refractivity contribution in [1.29, 1.82) is 0 Å². The first kappa shape index (κ1) is 12.2. The fourth-order valence-corrected chi connectivity index (χ4v) is 1.69. The van der Waals surface area contributed by atoms with Crippen LogP contribution in [-0.2, 0) is 4.74 Å². The molecule has 5 nitrogen and oxygen atoms in total. The van der Waals surface area contributed by atoms with Crippen LogP contribution in [0.15, 0.2) is 30.3 Å². The molecular formula is C13H15N3O2. The normalized spacial score (nSPS) is 10.3. The minimum absolute atomic E-state index is 0.220. The number of benzene rings is 1. The Balaban J connectivity index is 2.42. The highest BCUT2D eigenvalue weighted by molar-refractivity contribution is 5.88. The van der Waals surface area contributed by atoms with Crippen molar-refractivity contribution in [1.82, 2.24) is 9.78 Å². The molecule has 0 saturated heterocycles. The van der Waals surface area contributed by atoms with E-state index in [-0.39, 0.29) is 5.69 Å². The molecule has 5 heteroatoms. The number of esters is 1. The summed E-state index contributed by atoms with van der Waals surface area (Å²) in [5, 5.41) is 4.18. The molecule has 0 bridgehead atoms. The highest BCUT2D eigenvalue weighted by atomic mass is 16.5. The Morgan fingerprint density at radius 2 is 2.17 bits per heavy atom. The van der Waals surface area contributed by atoms with Crippen LogP contribution in [0, 0.1) is 6.92 Å². The van der Waals surface area contributed by atoms with Gasteiger partial charge in [-0.2, -0.15) is 5.10 Å². The lowest BCUT2D eigenvalue weighted by Gasteiger charge is -2.06. The largest absolute Gasteiger partial charge is 0.461 e. The molecule has 2 rings (SSSR count). The number of hydrogen-bond donors (Lipinski definition) is 1. The summed E-state index contributed by atoms with van der Waals surface area (Å²) in [7, 11) is 0. The number of hydrogen-bond acceptors (Lipinski definition) is 4. The Kier molecular flexibility index (Phi) is 3.32. The van der Waals surface area contributed by atoms with Crippen molar-refractivity contribution < 1.29 is 9.53 Å². The number of aromatic nitrogens is 2. The minimum Gasteiger partial charge on any atom is -0.461 e. The molecule has 1 heterocycles. The Morgan fingerprint density at radius 3 is 2.83 bits per heavy atom. The van der Waals surface area contributed by atoms with E-state index in [1.54, 1.807) is 11.6 Å². The number of nitrogens with zero attached hydrogens (tertiary/aromatic N) is 2. The molecule has 0 amide bonds. The third-order valence-electron chi connectivity index (χ3n) is 2.57. The Bertz CT molecular complexity index is 575. The number of anilines is 1. The van der Waals surface area contributed by atoms with Crippen molar-refractivity contribution in [2.24, 2.45) is 0 Å². The second-order valence-corrected chi connectivity index (χ2v) is 3.87. The molecule has 18 heavy (non-hydrogen) atoms. The molecule has 1 aromatic heterocycles. The van der Waals surface area contributed by atoms with Gasteiger partial charge in [-0.05, 0) is 25.5 Å². The number of ether oxygens (including phenoxy) is 1. The molecule has 0 aliphatic rings. The summed E-state index contributed by atoms with van der Waals surface area (Å²) >= 11 is 0. The number of nitrogens with two attached hydrogens (primary N) is 1. The van der Waals surface area contributed by atoms with Crippen molar-refractivity contribution in [3.8, 4) is 5.69 Å². The maximum Gasteiger partial charge on any atom is 0.358 e. The van der Waals surface area contributed by atoms with Crippen molar-refractivity contribution in [3.63, 3.8) is 0 Å². The van der Waals surface area contributed by atoms with E-state index < -0.39 is 5.97 Å². The summed E-state index contributed by atoms with van der Waals surface area (Å²) in [6.45, 7) is 4.02. The number of carbonyl (C=O) groups excluding carboxylic acids is 1. The van der Waals surface area contributed by atoms with Gasteiger partial charge in [0.05, 0.1) is 12.3 Å². The summed E-state index contributed by atoms with van der Waals surface area (Å²) in [6, 6.07) is 9.21. The zero-order chi connectivity index (χ0) is 13.1. The average Bonchev–Trinajstić information content (AvgIpc) is 2.72. The molecule has 2 aromatic rings. The van der Waals surface area contributed by atoms with Crippen LogP contribution in [0.2, 0.25) is 0 Å². The number of para-hydroxylation sites is 1. The maximum atomic E-state index is 11.6. The van der Waals surface area contributed by atoms with E-state index in [0.717, 1.165) is 11.3 Å². The summed E-state index contributed by atoms with van der Waals surface area (Å²) in [5.41, 5.74) is 7.97. The number of nitrogen functional groups attached to an aromatic ring is 1. The SMILES string of the molecule is CCOC(=O)c1cc(N)n(-c2ccccc2C)n1. The van der Waals surface area contributed by atoms with Crippen LogP contribution in [-0.4, -0.2) is 22.4 Å². The van der Waals surface area contributed by atoms with Crippen LogP contribution < -0.4 is 5.73 Å². The first-order valence-corrected chi connectivity index (χ1v) is 5.72. The van der Waals surface area contributed by atoms with Gasteiger partial charge in [0.1, 0.15) is 5.82 Å².